The van der Waals surface area contributed by atoms with E-state index in [1.54, 1.807) is 17.0 Å². The molecule has 0 bridgehead atoms. The molecule has 0 saturated carbocycles. The molecule has 0 aliphatic heterocycles. The molecule has 112 valence electrons. The molecule has 0 aliphatic carbocycles. The molecule has 0 aliphatic rings. The Morgan fingerprint density at radius 1 is 1.33 bits per heavy atom. The van der Waals surface area contributed by atoms with Gasteiger partial charge in [0, 0.05) is 6.04 Å². The van der Waals surface area contributed by atoms with Gasteiger partial charge in [-0.1, -0.05) is 6.07 Å². The SMILES string of the molecule is CC(C)N(CC(=O)O)CC(=O)Nc1cccc2nsnc12. The summed E-state index contributed by atoms with van der Waals surface area (Å²) < 4.78 is 8.25. The van der Waals surface area contributed by atoms with Gasteiger partial charge in [-0.25, -0.2) is 0 Å². The molecule has 0 fully saturated rings. The molecular formula is C13H16N4O3S. The molecule has 1 aromatic heterocycles. The van der Waals surface area contributed by atoms with Crippen molar-refractivity contribution in [3.05, 3.63) is 18.2 Å². The van der Waals surface area contributed by atoms with Crippen LogP contribution in [0.1, 0.15) is 13.8 Å². The highest BCUT2D eigenvalue weighted by Crippen LogP contribution is 2.21. The van der Waals surface area contributed by atoms with Crippen molar-refractivity contribution in [1.82, 2.24) is 13.6 Å². The third-order valence-corrected chi connectivity index (χ3v) is 3.52. The van der Waals surface area contributed by atoms with E-state index in [4.69, 9.17) is 5.11 Å². The van der Waals surface area contributed by atoms with Crippen molar-refractivity contribution in [3.8, 4) is 0 Å². The number of anilines is 1. The molecule has 0 unspecified atom stereocenters. The second-order valence-corrected chi connectivity index (χ2v) is 5.41. The van der Waals surface area contributed by atoms with E-state index in [9.17, 15) is 9.59 Å². The summed E-state index contributed by atoms with van der Waals surface area (Å²) >= 11 is 1.08. The quantitative estimate of drug-likeness (QED) is 0.838. The molecule has 2 aromatic rings. The number of hydrogen-bond acceptors (Lipinski definition) is 6. The number of aromatic nitrogens is 2. The molecular weight excluding hydrogens is 292 g/mol. The lowest BCUT2D eigenvalue weighted by Gasteiger charge is -2.23. The zero-order valence-corrected chi connectivity index (χ0v) is 12.6. The van der Waals surface area contributed by atoms with Crippen LogP contribution in [-0.4, -0.2) is 49.8 Å². The number of carbonyl (C=O) groups excluding carboxylic acids is 1. The third kappa shape index (κ3) is 3.96. The van der Waals surface area contributed by atoms with Crippen molar-refractivity contribution in [1.29, 1.82) is 0 Å². The Labute approximate surface area is 125 Å². The van der Waals surface area contributed by atoms with Crippen molar-refractivity contribution in [3.63, 3.8) is 0 Å². The van der Waals surface area contributed by atoms with Crippen LogP contribution >= 0.6 is 11.7 Å². The van der Waals surface area contributed by atoms with Crippen molar-refractivity contribution < 1.29 is 14.7 Å². The van der Waals surface area contributed by atoms with Crippen molar-refractivity contribution in [2.75, 3.05) is 18.4 Å². The van der Waals surface area contributed by atoms with Gasteiger partial charge in [0.2, 0.25) is 5.91 Å². The summed E-state index contributed by atoms with van der Waals surface area (Å²) in [7, 11) is 0. The number of benzene rings is 1. The van der Waals surface area contributed by atoms with Gasteiger partial charge < -0.3 is 10.4 Å². The topological polar surface area (TPSA) is 95.4 Å². The van der Waals surface area contributed by atoms with E-state index in [1.807, 2.05) is 19.9 Å². The molecule has 0 saturated heterocycles. The van der Waals surface area contributed by atoms with Gasteiger partial charge in [-0.2, -0.15) is 8.75 Å². The first-order valence-electron chi connectivity index (χ1n) is 6.44. The minimum Gasteiger partial charge on any atom is -0.480 e. The number of amides is 1. The number of fused-ring (bicyclic) bond motifs is 1. The van der Waals surface area contributed by atoms with Crippen LogP contribution in [0.15, 0.2) is 18.2 Å². The molecule has 2 N–H and O–H groups in total. The minimum absolute atomic E-state index is 0.0118. The number of carboxylic acids is 1. The Hall–Kier alpha value is -2.06. The summed E-state index contributed by atoms with van der Waals surface area (Å²) in [5, 5.41) is 11.6. The van der Waals surface area contributed by atoms with Gasteiger partial charge >= 0.3 is 5.97 Å². The lowest BCUT2D eigenvalue weighted by atomic mass is 10.2. The Morgan fingerprint density at radius 2 is 2.10 bits per heavy atom. The Bertz CT molecular complexity index is 656. The summed E-state index contributed by atoms with van der Waals surface area (Å²) in [6.07, 6.45) is 0. The standard InChI is InChI=1S/C13H16N4O3S/c1-8(2)17(7-12(19)20)6-11(18)14-9-4-3-5-10-13(9)16-21-15-10/h3-5,8H,6-7H2,1-2H3,(H,14,18)(H,19,20). The Balaban J connectivity index is 2.07. The van der Waals surface area contributed by atoms with Crippen LogP contribution in [-0.2, 0) is 9.59 Å². The van der Waals surface area contributed by atoms with Gasteiger partial charge in [0.1, 0.15) is 11.0 Å². The number of carboxylic acid groups (broad SMARTS) is 1. The third-order valence-electron chi connectivity index (χ3n) is 2.98. The molecule has 21 heavy (non-hydrogen) atoms. The molecule has 1 aromatic carbocycles. The number of rotatable bonds is 6. The molecule has 1 amide bonds. The smallest absolute Gasteiger partial charge is 0.317 e. The zero-order chi connectivity index (χ0) is 15.4. The predicted octanol–water partition coefficient (Wildman–Crippen LogP) is 1.42. The highest BCUT2D eigenvalue weighted by molar-refractivity contribution is 7.00. The summed E-state index contributed by atoms with van der Waals surface area (Å²) in [6.45, 7) is 3.54. The van der Waals surface area contributed by atoms with Crippen molar-refractivity contribution in [2.45, 2.75) is 19.9 Å². The van der Waals surface area contributed by atoms with Gasteiger partial charge in [-0.05, 0) is 26.0 Å². The van der Waals surface area contributed by atoms with E-state index in [2.05, 4.69) is 14.1 Å². The number of nitrogens with zero attached hydrogens (tertiary/aromatic N) is 3. The second-order valence-electron chi connectivity index (χ2n) is 4.88. The van der Waals surface area contributed by atoms with Gasteiger partial charge in [0.05, 0.1) is 30.5 Å². The number of nitrogens with one attached hydrogen (secondary N) is 1. The summed E-state index contributed by atoms with van der Waals surface area (Å²) in [5.74, 6) is -1.23. The van der Waals surface area contributed by atoms with Gasteiger partial charge in [0.15, 0.2) is 0 Å². The van der Waals surface area contributed by atoms with Crippen LogP contribution in [0.3, 0.4) is 0 Å². The molecule has 7 nitrogen and oxygen atoms in total. The van der Waals surface area contributed by atoms with E-state index in [0.29, 0.717) is 11.2 Å². The Morgan fingerprint density at radius 3 is 2.76 bits per heavy atom. The lowest BCUT2D eigenvalue weighted by Crippen LogP contribution is -2.41. The Kier molecular flexibility index (Phi) is 4.81. The highest BCUT2D eigenvalue weighted by Gasteiger charge is 2.17. The molecule has 2 rings (SSSR count). The van der Waals surface area contributed by atoms with Gasteiger partial charge in [-0.15, -0.1) is 0 Å². The molecule has 0 atom stereocenters. The molecule has 1 heterocycles. The molecule has 8 heteroatoms. The van der Waals surface area contributed by atoms with E-state index in [1.165, 1.54) is 0 Å². The summed E-state index contributed by atoms with van der Waals surface area (Å²) in [5.41, 5.74) is 1.96. The van der Waals surface area contributed by atoms with Crippen molar-refractivity contribution >= 4 is 40.3 Å². The summed E-state index contributed by atoms with van der Waals surface area (Å²) in [4.78, 5) is 24.5. The first kappa shape index (κ1) is 15.3. The van der Waals surface area contributed by atoms with Crippen LogP contribution in [0.5, 0.6) is 0 Å². The maximum Gasteiger partial charge on any atom is 0.317 e. The maximum absolute atomic E-state index is 12.1. The van der Waals surface area contributed by atoms with Gasteiger partial charge in [0.25, 0.3) is 0 Å². The largest absolute Gasteiger partial charge is 0.480 e. The van der Waals surface area contributed by atoms with Crippen molar-refractivity contribution in [2.24, 2.45) is 0 Å². The summed E-state index contributed by atoms with van der Waals surface area (Å²) in [6, 6.07) is 5.32. The van der Waals surface area contributed by atoms with E-state index in [0.717, 1.165) is 17.2 Å². The van der Waals surface area contributed by atoms with Crippen LogP contribution in [0.4, 0.5) is 5.69 Å². The predicted molar refractivity (Wildman–Crippen MR) is 80.4 cm³/mol. The van der Waals surface area contributed by atoms with E-state index >= 15 is 0 Å². The maximum atomic E-state index is 12.1. The van der Waals surface area contributed by atoms with Gasteiger partial charge in [-0.3, -0.25) is 14.5 Å². The van der Waals surface area contributed by atoms with Crippen LogP contribution < -0.4 is 5.32 Å². The average molecular weight is 308 g/mol. The minimum atomic E-state index is -0.956. The number of hydrogen-bond donors (Lipinski definition) is 2. The first-order valence-corrected chi connectivity index (χ1v) is 7.17. The average Bonchev–Trinajstić information content (AvgIpc) is 2.86. The highest BCUT2D eigenvalue weighted by atomic mass is 32.1. The lowest BCUT2D eigenvalue weighted by molar-refractivity contribution is -0.139. The fourth-order valence-corrected chi connectivity index (χ4v) is 2.43. The van der Waals surface area contributed by atoms with Crippen LogP contribution in [0, 0.1) is 0 Å². The molecule has 0 spiro atoms. The number of aliphatic carboxylic acids is 1. The monoisotopic (exact) mass is 308 g/mol. The van der Waals surface area contributed by atoms with E-state index in [-0.39, 0.29) is 25.0 Å². The molecule has 0 radical (unpaired) electrons. The first-order chi connectivity index (χ1) is 9.97. The van der Waals surface area contributed by atoms with E-state index < -0.39 is 5.97 Å². The second kappa shape index (κ2) is 6.59. The fourth-order valence-electron chi connectivity index (χ4n) is 1.88. The van der Waals surface area contributed by atoms with Crippen LogP contribution in [0.2, 0.25) is 0 Å². The zero-order valence-electron chi connectivity index (χ0n) is 11.7. The normalized spacial score (nSPS) is 11.2. The van der Waals surface area contributed by atoms with Crippen LogP contribution in [0.25, 0.3) is 11.0 Å². The number of carbonyl (C=O) groups is 2. The fraction of sp³-hybridized carbons (Fsp3) is 0.385.